The van der Waals surface area contributed by atoms with E-state index in [1.807, 2.05) is 0 Å². The van der Waals surface area contributed by atoms with Gasteiger partial charge in [0.05, 0.1) is 0 Å². The van der Waals surface area contributed by atoms with Gasteiger partial charge in [-0.3, -0.25) is 0 Å². The van der Waals surface area contributed by atoms with E-state index in [1.54, 1.807) is 13.0 Å². The molecule has 376 valence electrons. The van der Waals surface area contributed by atoms with E-state index >= 15 is 0 Å². The van der Waals surface area contributed by atoms with Crippen LogP contribution in [0.1, 0.15) is 6.92 Å². The Bertz CT molecular complexity index is 6490. The molecule has 0 aliphatic heterocycles. The van der Waals surface area contributed by atoms with Crippen LogP contribution in [0.4, 0.5) is 0 Å². The Morgan fingerprint density at radius 3 is 0.194 bits per heavy atom. The van der Waals surface area contributed by atoms with Crippen molar-refractivity contribution >= 4 is 0 Å². The zero-order chi connectivity index (χ0) is 66.3. The Labute approximate surface area is 547 Å². The lowest BCUT2D eigenvalue weighted by atomic mass is 10.4. The highest BCUT2D eigenvalue weighted by Crippen LogP contribution is 1.66. The van der Waals surface area contributed by atoms with E-state index in [0.717, 1.165) is 0 Å². The summed E-state index contributed by atoms with van der Waals surface area (Å²) in [5.74, 6) is 224. The number of hydrogen-bond acceptors (Lipinski definition) is 1. The van der Waals surface area contributed by atoms with E-state index in [4.69, 9.17) is 5.26 Å². The summed E-state index contributed by atoms with van der Waals surface area (Å²) >= 11 is 0. The molecule has 0 fully saturated rings. The largest absolute Gasteiger partial charge is 0.183 e. The molecule has 0 unspecified atom stereocenters. The van der Waals surface area contributed by atoms with Gasteiger partial charge in [0.2, 0.25) is 0 Å². The molecule has 0 amide bonds. The smallest absolute Gasteiger partial charge is 0.153 e. The lowest BCUT2D eigenvalue weighted by molar-refractivity contribution is 1.55. The Morgan fingerprint density at radius 2 is 0.140 bits per heavy atom. The van der Waals surface area contributed by atoms with Crippen LogP contribution in [0, 0.1) is 544 Å². The molecular formula is C92H3N. The number of rotatable bonds is 0. The van der Waals surface area contributed by atoms with Crippen molar-refractivity contribution in [3.05, 3.63) is 0 Å². The van der Waals surface area contributed by atoms with Gasteiger partial charge in [0.1, 0.15) is 0 Å². The fourth-order valence-corrected chi connectivity index (χ4v) is 2.81. The maximum Gasteiger partial charge on any atom is 0.153 e. The Hall–Kier alpha value is -20.3. The molecule has 0 radical (unpaired) electrons. The van der Waals surface area contributed by atoms with E-state index in [1.165, 1.54) is 0 Å². The topological polar surface area (TPSA) is 23.8 Å². The second-order valence-electron chi connectivity index (χ2n) is 11.5. The fraction of sp³-hybridized carbons (Fsp3) is 0.0109. The van der Waals surface area contributed by atoms with E-state index in [9.17, 15) is 0 Å². The quantitative estimate of drug-likeness (QED) is 0.328. The molecule has 0 saturated heterocycles. The molecular weight excluding hydrogens is 1120 g/mol. The second-order valence-corrected chi connectivity index (χ2v) is 11.5. The minimum absolute atomic E-state index is 1.63. The normalized spacial score (nSPS) is 3.96. The molecule has 0 N–H and O–H groups in total. The van der Waals surface area contributed by atoms with Crippen molar-refractivity contribution in [1.82, 2.24) is 0 Å². The van der Waals surface area contributed by atoms with Crippen LogP contribution in [0.5, 0.6) is 0 Å². The van der Waals surface area contributed by atoms with Gasteiger partial charge < -0.3 is 0 Å². The van der Waals surface area contributed by atoms with E-state index in [0.29, 0.717) is 0 Å². The molecule has 0 aromatic rings. The first-order valence-electron chi connectivity index (χ1n) is 23.2. The molecule has 0 atom stereocenters. The summed E-state index contributed by atoms with van der Waals surface area (Å²) in [7, 11) is 0. The molecule has 0 aliphatic rings. The van der Waals surface area contributed by atoms with Gasteiger partial charge in [-0.05, 0) is 54.3 Å². The summed E-state index contributed by atoms with van der Waals surface area (Å²) in [6.07, 6.45) is 0. The number of nitrogens with zero attached hydrogens (tertiary/aromatic N) is 1. The summed E-state index contributed by atoms with van der Waals surface area (Å²) in [4.78, 5) is 0. The minimum atomic E-state index is 1.63. The molecule has 0 saturated carbocycles. The molecule has 0 aromatic heterocycles. The maximum absolute atomic E-state index is 8.22. The zero-order valence-corrected chi connectivity index (χ0v) is 46.9. The van der Waals surface area contributed by atoms with Crippen LogP contribution in [0.25, 0.3) is 0 Å². The summed E-state index contributed by atoms with van der Waals surface area (Å²) in [6, 6.07) is 1.63. The first-order chi connectivity index (χ1) is 46.4. The van der Waals surface area contributed by atoms with Gasteiger partial charge in [0.25, 0.3) is 0 Å². The van der Waals surface area contributed by atoms with Crippen molar-refractivity contribution in [3.63, 3.8) is 0 Å². The second kappa shape index (κ2) is 71.7. The predicted molar refractivity (Wildman–Crippen MR) is 361 cm³/mol. The third-order valence-corrected chi connectivity index (χ3v) is 5.68. The lowest BCUT2D eigenvalue weighted by Gasteiger charge is -1.58. The predicted octanol–water partition coefficient (Wildman–Crippen LogP) is 0.683. The average Bonchev–Trinajstić information content (AvgIpc) is 3.58. The number of hydrogen-bond donors (Lipinski definition) is 0. The summed E-state index contributed by atoms with van der Waals surface area (Å²) in [6.45, 7) is 1.68. The van der Waals surface area contributed by atoms with Crippen LogP contribution in [0.2, 0.25) is 0 Å². The van der Waals surface area contributed by atoms with Gasteiger partial charge in [0, 0.05) is 480 Å². The highest BCUT2D eigenvalue weighted by Gasteiger charge is 1.66. The van der Waals surface area contributed by atoms with Gasteiger partial charge in [-0.2, -0.15) is 5.26 Å². The highest BCUT2D eigenvalue weighted by atomic mass is 14.2. The first-order valence-corrected chi connectivity index (χ1v) is 23.2. The molecule has 0 spiro atoms. The summed E-state index contributed by atoms with van der Waals surface area (Å²) in [5.41, 5.74) is 0. The van der Waals surface area contributed by atoms with Gasteiger partial charge >= 0.3 is 0 Å². The van der Waals surface area contributed by atoms with Gasteiger partial charge in [-0.25, -0.2) is 0 Å². The molecule has 1 heteroatoms. The van der Waals surface area contributed by atoms with E-state index in [-0.39, 0.29) is 0 Å². The van der Waals surface area contributed by atoms with Crippen molar-refractivity contribution in [3.8, 4) is 539 Å². The molecule has 0 aliphatic carbocycles. The monoisotopic (exact) mass is 1120 g/mol. The minimum Gasteiger partial charge on any atom is -0.183 e. The van der Waals surface area contributed by atoms with Crippen molar-refractivity contribution in [2.45, 2.75) is 6.92 Å². The molecule has 1 nitrogen and oxygen atoms in total. The van der Waals surface area contributed by atoms with Gasteiger partial charge in [0.15, 0.2) is 6.07 Å². The third-order valence-electron chi connectivity index (χ3n) is 5.68. The fourth-order valence-electron chi connectivity index (χ4n) is 2.81. The van der Waals surface area contributed by atoms with Gasteiger partial charge in [-0.15, -0.1) is 0 Å². The van der Waals surface area contributed by atoms with Crippen LogP contribution in [-0.2, 0) is 0 Å². The van der Waals surface area contributed by atoms with Crippen molar-refractivity contribution in [2.75, 3.05) is 0 Å². The summed E-state index contributed by atoms with van der Waals surface area (Å²) in [5, 5.41) is 8.22. The van der Waals surface area contributed by atoms with Crippen LogP contribution < -0.4 is 0 Å². The van der Waals surface area contributed by atoms with Crippen molar-refractivity contribution in [1.29, 1.82) is 5.26 Å². The Morgan fingerprint density at radius 1 is 0.0860 bits per heavy atom. The average molecular weight is 1120 g/mol. The highest BCUT2D eigenvalue weighted by molar-refractivity contribution is 5.55. The molecule has 93 heavy (non-hydrogen) atoms. The number of nitriles is 1. The third kappa shape index (κ3) is 71.7. The van der Waals surface area contributed by atoms with Crippen LogP contribution in [0.3, 0.4) is 0 Å². The SMILES string of the molecule is CC#CC#CC#CC#CC#CC#CC#CC#CC#CC#CC#CC#CC#CC#CC#CC#CC#CC#CC#CC#CC#CC#CC#CC#CC#CC#CC#CC#CC#CC#CC#CC#CC#CC#CC#CC#CC#CC#CC#CC#CC#CC#CC#CC#CC#CC#N. The van der Waals surface area contributed by atoms with Crippen LogP contribution in [-0.4, -0.2) is 0 Å². The molecule has 0 bridgehead atoms. The molecule has 0 rings (SSSR count). The van der Waals surface area contributed by atoms with E-state index in [2.05, 4.69) is 533 Å². The Kier molecular flexibility index (Phi) is 56.0. The van der Waals surface area contributed by atoms with Crippen LogP contribution >= 0.6 is 0 Å². The lowest BCUT2D eigenvalue weighted by Crippen LogP contribution is -1.57. The standard InChI is InChI=1S/C92H3N/c1-2-3-4-5-6-7-8-9-10-11-12-13-14-15-16-17-18-19-20-21-22-23-24-25-26-27-28-29-30-31-32-33-34-35-36-37-38-39-40-41-42-43-44-45-46-47-48-49-50-51-52-53-54-55-56-57-58-59-60-61-62-63-64-65-66-67-68-69-70-71-72-73-74-75-76-77-78-79-80-81-82-83-84-85-86-87-88-89-90-91-92-93/h1H3. The zero-order valence-electron chi connectivity index (χ0n) is 46.9. The Balaban J connectivity index is 4.63. The maximum atomic E-state index is 8.22. The first kappa shape index (κ1) is 72.7. The van der Waals surface area contributed by atoms with Crippen LogP contribution in [0.15, 0.2) is 0 Å². The summed E-state index contributed by atoms with van der Waals surface area (Å²) < 4.78 is 0. The molecule has 0 heterocycles. The van der Waals surface area contributed by atoms with Crippen molar-refractivity contribution in [2.24, 2.45) is 0 Å². The van der Waals surface area contributed by atoms with E-state index < -0.39 is 0 Å². The molecule has 0 aromatic carbocycles. The van der Waals surface area contributed by atoms with Gasteiger partial charge in [-0.1, -0.05) is 5.92 Å². The van der Waals surface area contributed by atoms with Crippen molar-refractivity contribution < 1.29 is 0 Å².